The Morgan fingerprint density at radius 1 is 0.700 bits per heavy atom. The summed E-state index contributed by atoms with van der Waals surface area (Å²) in [6.45, 7) is 2.27. The molecule has 0 aliphatic carbocycles. The molecule has 4 nitrogen and oxygen atoms in total. The minimum absolute atomic E-state index is 0.104. The predicted octanol–water partition coefficient (Wildman–Crippen LogP) is 7.62. The number of rotatable bonds is 16. The summed E-state index contributed by atoms with van der Waals surface area (Å²) in [4.78, 5) is 12.2. The number of fused-ring (bicyclic) bond motifs is 1. The molecule has 2 aromatic rings. The Morgan fingerprint density at radius 2 is 1.20 bits per heavy atom. The average molecular weight is 417 g/mol. The molecule has 0 saturated carbocycles. The molecular formula is C26H40O4. The Bertz CT molecular complexity index is 793. The van der Waals surface area contributed by atoms with Crippen molar-refractivity contribution in [3.05, 3.63) is 34.2 Å². The van der Waals surface area contributed by atoms with Crippen molar-refractivity contribution in [3.8, 4) is 11.5 Å². The number of unbranched alkanes of at least 4 members (excludes halogenated alkanes) is 14. The van der Waals surface area contributed by atoms with Gasteiger partial charge in [0.15, 0.2) is 5.43 Å². The summed E-state index contributed by atoms with van der Waals surface area (Å²) >= 11 is 0. The zero-order chi connectivity index (χ0) is 21.6. The van der Waals surface area contributed by atoms with Crippen LogP contribution in [-0.2, 0) is 6.42 Å². The molecule has 2 N–H and O–H groups in total. The second-order valence-electron chi connectivity index (χ2n) is 8.61. The monoisotopic (exact) mass is 416 g/mol. The van der Waals surface area contributed by atoms with Crippen LogP contribution in [0.5, 0.6) is 11.5 Å². The van der Waals surface area contributed by atoms with Crippen molar-refractivity contribution in [2.45, 2.75) is 110 Å². The molecule has 0 unspecified atom stereocenters. The fourth-order valence-corrected chi connectivity index (χ4v) is 4.10. The Kier molecular flexibility index (Phi) is 11.4. The van der Waals surface area contributed by atoms with Gasteiger partial charge in [-0.3, -0.25) is 4.79 Å². The summed E-state index contributed by atoms with van der Waals surface area (Å²) in [5.74, 6) is 0.275. The van der Waals surface area contributed by atoms with Crippen LogP contribution in [-0.4, -0.2) is 10.2 Å². The highest BCUT2D eigenvalue weighted by Gasteiger charge is 2.10. The lowest BCUT2D eigenvalue weighted by Gasteiger charge is -2.05. The van der Waals surface area contributed by atoms with Crippen molar-refractivity contribution >= 4 is 11.0 Å². The van der Waals surface area contributed by atoms with Crippen molar-refractivity contribution in [2.24, 2.45) is 0 Å². The zero-order valence-electron chi connectivity index (χ0n) is 18.8. The first-order chi connectivity index (χ1) is 14.6. The summed E-state index contributed by atoms with van der Waals surface area (Å²) in [5, 5.41) is 19.5. The van der Waals surface area contributed by atoms with Gasteiger partial charge >= 0.3 is 0 Å². The largest absolute Gasteiger partial charge is 0.508 e. The second-order valence-corrected chi connectivity index (χ2v) is 8.61. The molecule has 0 atom stereocenters. The van der Waals surface area contributed by atoms with Crippen LogP contribution in [0, 0.1) is 0 Å². The first-order valence-electron chi connectivity index (χ1n) is 12.1. The molecule has 0 fully saturated rings. The Hall–Kier alpha value is -1.97. The summed E-state index contributed by atoms with van der Waals surface area (Å²) in [6.07, 6.45) is 20.5. The van der Waals surface area contributed by atoms with Gasteiger partial charge in [-0.05, 0) is 6.42 Å². The number of aromatic hydroxyl groups is 2. The topological polar surface area (TPSA) is 70.7 Å². The number of benzene rings is 1. The van der Waals surface area contributed by atoms with E-state index in [1.165, 1.54) is 95.6 Å². The van der Waals surface area contributed by atoms with E-state index in [1.807, 2.05) is 0 Å². The van der Waals surface area contributed by atoms with Crippen LogP contribution in [0.2, 0.25) is 0 Å². The molecule has 0 saturated heterocycles. The summed E-state index contributed by atoms with van der Waals surface area (Å²) in [6, 6.07) is 4.00. The fraction of sp³-hybridized carbons (Fsp3) is 0.654. The van der Waals surface area contributed by atoms with Crippen molar-refractivity contribution in [1.82, 2.24) is 0 Å². The quantitative estimate of drug-likeness (QED) is 0.276. The molecule has 4 heteroatoms. The van der Waals surface area contributed by atoms with E-state index in [0.717, 1.165) is 18.9 Å². The van der Waals surface area contributed by atoms with Crippen LogP contribution in [0.25, 0.3) is 11.0 Å². The van der Waals surface area contributed by atoms with Crippen LogP contribution in [0.4, 0.5) is 0 Å². The predicted molar refractivity (Wildman–Crippen MR) is 124 cm³/mol. The fourth-order valence-electron chi connectivity index (χ4n) is 4.10. The molecular weight excluding hydrogens is 376 g/mol. The van der Waals surface area contributed by atoms with Crippen LogP contribution in [0.1, 0.15) is 109 Å². The van der Waals surface area contributed by atoms with Gasteiger partial charge in [-0.15, -0.1) is 0 Å². The summed E-state index contributed by atoms with van der Waals surface area (Å²) in [7, 11) is 0. The minimum atomic E-state index is -0.260. The lowest BCUT2D eigenvalue weighted by molar-refractivity contribution is 0.449. The van der Waals surface area contributed by atoms with Gasteiger partial charge in [0.05, 0.1) is 0 Å². The highest BCUT2D eigenvalue weighted by Crippen LogP contribution is 2.28. The molecule has 1 heterocycles. The number of hydrogen-bond acceptors (Lipinski definition) is 4. The standard InChI is InChI=1S/C26H40O4/c1-2-3-4-5-6-7-8-9-10-11-12-13-14-15-16-17-22-20-24(29)26-23(28)18-21(27)19-25(26)30-22/h18-20,27-28H,2-17H2,1H3. The van der Waals surface area contributed by atoms with Crippen molar-refractivity contribution < 1.29 is 14.6 Å². The summed E-state index contributed by atoms with van der Waals surface area (Å²) < 4.78 is 5.70. The van der Waals surface area contributed by atoms with Crippen molar-refractivity contribution in [1.29, 1.82) is 0 Å². The lowest BCUT2D eigenvalue weighted by atomic mass is 10.0. The zero-order valence-corrected chi connectivity index (χ0v) is 18.8. The first kappa shape index (κ1) is 24.3. The SMILES string of the molecule is CCCCCCCCCCCCCCCCCc1cc(=O)c2c(O)cc(O)cc2o1. The number of phenolic OH excluding ortho intramolecular Hbond substituents is 2. The van der Waals surface area contributed by atoms with E-state index < -0.39 is 0 Å². The molecule has 30 heavy (non-hydrogen) atoms. The smallest absolute Gasteiger partial charge is 0.196 e. The van der Waals surface area contributed by atoms with Crippen molar-refractivity contribution in [2.75, 3.05) is 0 Å². The average Bonchev–Trinajstić information content (AvgIpc) is 2.70. The van der Waals surface area contributed by atoms with Gasteiger partial charge in [0, 0.05) is 24.6 Å². The van der Waals surface area contributed by atoms with E-state index in [9.17, 15) is 15.0 Å². The van der Waals surface area contributed by atoms with Gasteiger partial charge in [-0.25, -0.2) is 0 Å². The molecule has 0 spiro atoms. The van der Waals surface area contributed by atoms with Crippen LogP contribution in [0.3, 0.4) is 0 Å². The Balaban J connectivity index is 1.51. The molecule has 1 aromatic heterocycles. The molecule has 0 aliphatic rings. The third-order valence-corrected chi connectivity index (χ3v) is 5.87. The maximum absolute atomic E-state index is 12.2. The third kappa shape index (κ3) is 8.81. The molecule has 0 radical (unpaired) electrons. The molecule has 2 rings (SSSR count). The van der Waals surface area contributed by atoms with Gasteiger partial charge in [0.2, 0.25) is 0 Å². The van der Waals surface area contributed by atoms with E-state index in [0.29, 0.717) is 12.2 Å². The van der Waals surface area contributed by atoms with E-state index in [4.69, 9.17) is 4.42 Å². The molecule has 0 bridgehead atoms. The van der Waals surface area contributed by atoms with E-state index in [2.05, 4.69) is 6.92 Å². The van der Waals surface area contributed by atoms with Gasteiger partial charge in [-0.1, -0.05) is 96.8 Å². The first-order valence-corrected chi connectivity index (χ1v) is 12.1. The van der Waals surface area contributed by atoms with Crippen LogP contribution in [0.15, 0.2) is 27.4 Å². The molecule has 1 aromatic carbocycles. The highest BCUT2D eigenvalue weighted by molar-refractivity contribution is 5.84. The van der Waals surface area contributed by atoms with Crippen molar-refractivity contribution in [3.63, 3.8) is 0 Å². The van der Waals surface area contributed by atoms with Gasteiger partial charge < -0.3 is 14.6 Å². The molecule has 168 valence electrons. The third-order valence-electron chi connectivity index (χ3n) is 5.87. The normalized spacial score (nSPS) is 11.4. The van der Waals surface area contributed by atoms with Gasteiger partial charge in [-0.2, -0.15) is 0 Å². The molecule has 0 amide bonds. The Morgan fingerprint density at radius 3 is 1.73 bits per heavy atom. The van der Waals surface area contributed by atoms with Gasteiger partial charge in [0.25, 0.3) is 0 Å². The van der Waals surface area contributed by atoms with Crippen LogP contribution < -0.4 is 5.43 Å². The maximum Gasteiger partial charge on any atom is 0.196 e. The number of aryl methyl sites for hydroxylation is 1. The van der Waals surface area contributed by atoms with E-state index >= 15 is 0 Å². The van der Waals surface area contributed by atoms with E-state index in [-0.39, 0.29) is 27.9 Å². The summed E-state index contributed by atoms with van der Waals surface area (Å²) in [5.41, 5.74) is -0.0133. The minimum Gasteiger partial charge on any atom is -0.508 e. The highest BCUT2D eigenvalue weighted by atomic mass is 16.3. The van der Waals surface area contributed by atoms with Gasteiger partial charge in [0.1, 0.15) is 28.2 Å². The van der Waals surface area contributed by atoms with E-state index in [1.54, 1.807) is 0 Å². The second kappa shape index (κ2) is 14.1. The van der Waals surface area contributed by atoms with Crippen LogP contribution >= 0.6 is 0 Å². The molecule has 0 aliphatic heterocycles. The number of phenols is 2. The maximum atomic E-state index is 12.2. The number of hydrogen-bond donors (Lipinski definition) is 2. The lowest BCUT2D eigenvalue weighted by Crippen LogP contribution is -2.02. The Labute approximate surface area is 181 Å².